The predicted molar refractivity (Wildman–Crippen MR) is 75.2 cm³/mol. The van der Waals surface area contributed by atoms with E-state index in [9.17, 15) is 9.59 Å². The number of ether oxygens (including phenoxy) is 2. The number of aryl methyl sites for hydroxylation is 1. The van der Waals surface area contributed by atoms with Crippen molar-refractivity contribution in [2.24, 2.45) is 0 Å². The molecule has 1 aliphatic rings. The molecule has 1 aromatic rings. The van der Waals surface area contributed by atoms with Crippen LogP contribution in [0, 0.1) is 6.92 Å². The lowest BCUT2D eigenvalue weighted by molar-refractivity contribution is -0.149. The lowest BCUT2D eigenvalue weighted by Crippen LogP contribution is -2.35. The Labute approximate surface area is 123 Å². The second-order valence-corrected chi connectivity index (χ2v) is 5.07. The molecule has 0 spiro atoms. The lowest BCUT2D eigenvalue weighted by atomic mass is 10.2. The average Bonchev–Trinajstić information content (AvgIpc) is 2.92. The SMILES string of the molecule is Cc1cccc(OCC(=O)NCC2CCC(C(=O)O)O2)c1. The summed E-state index contributed by atoms with van der Waals surface area (Å²) in [5.41, 5.74) is 1.06. The first-order valence-corrected chi connectivity index (χ1v) is 6.89. The molecule has 0 aliphatic carbocycles. The van der Waals surface area contributed by atoms with Crippen molar-refractivity contribution in [1.29, 1.82) is 0 Å². The first kappa shape index (κ1) is 15.3. The zero-order valence-electron chi connectivity index (χ0n) is 11.9. The number of carbonyl (C=O) groups excluding carboxylic acids is 1. The molecule has 1 aromatic carbocycles. The molecule has 114 valence electrons. The average molecular weight is 293 g/mol. The number of rotatable bonds is 6. The standard InChI is InChI=1S/C15H19NO5/c1-10-3-2-4-11(7-10)20-9-14(17)16-8-12-5-6-13(21-12)15(18)19/h2-4,7,12-13H,5-6,8-9H2,1H3,(H,16,17)(H,18,19). The zero-order valence-corrected chi connectivity index (χ0v) is 11.9. The minimum atomic E-state index is -0.952. The van der Waals surface area contributed by atoms with Crippen LogP contribution in [0.25, 0.3) is 0 Å². The van der Waals surface area contributed by atoms with Crippen molar-refractivity contribution < 1.29 is 24.2 Å². The predicted octanol–water partition coefficient (Wildman–Crippen LogP) is 1.12. The van der Waals surface area contributed by atoms with Crippen molar-refractivity contribution in [3.8, 4) is 5.75 Å². The van der Waals surface area contributed by atoms with E-state index >= 15 is 0 Å². The highest BCUT2D eigenvalue weighted by Gasteiger charge is 2.30. The Morgan fingerprint density at radius 1 is 1.43 bits per heavy atom. The van der Waals surface area contributed by atoms with Gasteiger partial charge in [-0.3, -0.25) is 4.79 Å². The van der Waals surface area contributed by atoms with Gasteiger partial charge in [0.15, 0.2) is 12.7 Å². The normalized spacial score (nSPS) is 21.0. The third kappa shape index (κ3) is 4.75. The molecule has 2 rings (SSSR count). The van der Waals surface area contributed by atoms with E-state index in [4.69, 9.17) is 14.6 Å². The summed E-state index contributed by atoms with van der Waals surface area (Å²) in [5.74, 6) is -0.557. The van der Waals surface area contributed by atoms with E-state index in [1.54, 1.807) is 6.07 Å². The molecule has 2 N–H and O–H groups in total. The fraction of sp³-hybridized carbons (Fsp3) is 0.467. The van der Waals surface area contributed by atoms with Crippen LogP contribution in [0.2, 0.25) is 0 Å². The molecule has 21 heavy (non-hydrogen) atoms. The molecular weight excluding hydrogens is 274 g/mol. The van der Waals surface area contributed by atoms with Crippen molar-refractivity contribution >= 4 is 11.9 Å². The van der Waals surface area contributed by atoms with Gasteiger partial charge in [0.2, 0.25) is 0 Å². The van der Waals surface area contributed by atoms with Crippen LogP contribution in [-0.4, -0.2) is 42.3 Å². The van der Waals surface area contributed by atoms with Gasteiger partial charge in [-0.2, -0.15) is 0 Å². The quantitative estimate of drug-likeness (QED) is 0.821. The van der Waals surface area contributed by atoms with Crippen LogP contribution < -0.4 is 10.1 Å². The summed E-state index contributed by atoms with van der Waals surface area (Å²) in [4.78, 5) is 22.4. The minimum Gasteiger partial charge on any atom is -0.484 e. The largest absolute Gasteiger partial charge is 0.484 e. The molecule has 1 saturated heterocycles. The summed E-state index contributed by atoms with van der Waals surface area (Å²) in [6.45, 7) is 2.18. The maximum Gasteiger partial charge on any atom is 0.332 e. The second-order valence-electron chi connectivity index (χ2n) is 5.07. The third-order valence-corrected chi connectivity index (χ3v) is 3.27. The van der Waals surface area contributed by atoms with Gasteiger partial charge < -0.3 is 19.9 Å². The van der Waals surface area contributed by atoms with Gasteiger partial charge >= 0.3 is 5.97 Å². The smallest absolute Gasteiger partial charge is 0.332 e. The van der Waals surface area contributed by atoms with E-state index in [1.807, 2.05) is 25.1 Å². The number of benzene rings is 1. The maximum atomic E-state index is 11.7. The summed E-state index contributed by atoms with van der Waals surface area (Å²) in [7, 11) is 0. The van der Waals surface area contributed by atoms with E-state index < -0.39 is 12.1 Å². The Hall–Kier alpha value is -2.08. The molecule has 1 fully saturated rings. The molecule has 0 bridgehead atoms. The minimum absolute atomic E-state index is 0.0709. The van der Waals surface area contributed by atoms with Crippen LogP contribution in [0.5, 0.6) is 5.75 Å². The number of amides is 1. The van der Waals surface area contributed by atoms with E-state index in [0.717, 1.165) is 5.56 Å². The first-order valence-electron chi connectivity index (χ1n) is 6.89. The number of hydrogen-bond acceptors (Lipinski definition) is 4. The number of hydrogen-bond donors (Lipinski definition) is 2. The van der Waals surface area contributed by atoms with Crippen molar-refractivity contribution in [3.05, 3.63) is 29.8 Å². The third-order valence-electron chi connectivity index (χ3n) is 3.27. The van der Waals surface area contributed by atoms with Crippen LogP contribution >= 0.6 is 0 Å². The van der Waals surface area contributed by atoms with Crippen LogP contribution in [-0.2, 0) is 14.3 Å². The van der Waals surface area contributed by atoms with E-state index in [-0.39, 0.29) is 18.6 Å². The van der Waals surface area contributed by atoms with Crippen LogP contribution in [0.4, 0.5) is 0 Å². The second kappa shape index (κ2) is 7.08. The zero-order chi connectivity index (χ0) is 15.2. The van der Waals surface area contributed by atoms with Gasteiger partial charge in [0.1, 0.15) is 5.75 Å². The van der Waals surface area contributed by atoms with Crippen molar-refractivity contribution in [2.75, 3.05) is 13.2 Å². The molecule has 1 aliphatic heterocycles. The van der Waals surface area contributed by atoms with Gasteiger partial charge in [-0.25, -0.2) is 4.79 Å². The van der Waals surface area contributed by atoms with Gasteiger partial charge in [-0.05, 0) is 37.5 Å². The maximum absolute atomic E-state index is 11.7. The van der Waals surface area contributed by atoms with Crippen LogP contribution in [0.3, 0.4) is 0 Å². The van der Waals surface area contributed by atoms with Gasteiger partial charge in [0.25, 0.3) is 5.91 Å². The Morgan fingerprint density at radius 3 is 2.90 bits per heavy atom. The van der Waals surface area contributed by atoms with Crippen molar-refractivity contribution in [3.63, 3.8) is 0 Å². The highest BCUT2D eigenvalue weighted by molar-refractivity contribution is 5.77. The first-order chi connectivity index (χ1) is 10.0. The van der Waals surface area contributed by atoms with Crippen LogP contribution in [0.1, 0.15) is 18.4 Å². The van der Waals surface area contributed by atoms with E-state index in [0.29, 0.717) is 25.1 Å². The summed E-state index contributed by atoms with van der Waals surface area (Å²) < 4.78 is 10.7. The van der Waals surface area contributed by atoms with Gasteiger partial charge in [-0.1, -0.05) is 12.1 Å². The van der Waals surface area contributed by atoms with E-state index in [2.05, 4.69) is 5.32 Å². The molecule has 1 heterocycles. The molecular formula is C15H19NO5. The molecule has 6 heteroatoms. The van der Waals surface area contributed by atoms with E-state index in [1.165, 1.54) is 0 Å². The molecule has 0 aromatic heterocycles. The topological polar surface area (TPSA) is 84.9 Å². The van der Waals surface area contributed by atoms with Gasteiger partial charge in [0.05, 0.1) is 6.10 Å². The van der Waals surface area contributed by atoms with Gasteiger partial charge in [-0.15, -0.1) is 0 Å². The number of carboxylic acid groups (broad SMARTS) is 1. The summed E-state index contributed by atoms with van der Waals surface area (Å²) in [5, 5.41) is 11.5. The highest BCUT2D eigenvalue weighted by Crippen LogP contribution is 2.19. The van der Waals surface area contributed by atoms with Crippen LogP contribution in [0.15, 0.2) is 24.3 Å². The Balaban J connectivity index is 1.67. The molecule has 1 amide bonds. The summed E-state index contributed by atoms with van der Waals surface area (Å²) in [6, 6.07) is 7.45. The lowest BCUT2D eigenvalue weighted by Gasteiger charge is -2.12. The van der Waals surface area contributed by atoms with Crippen molar-refractivity contribution in [1.82, 2.24) is 5.32 Å². The number of carboxylic acids is 1. The molecule has 0 radical (unpaired) electrons. The van der Waals surface area contributed by atoms with Crippen molar-refractivity contribution in [2.45, 2.75) is 32.0 Å². The summed E-state index contributed by atoms with van der Waals surface area (Å²) in [6.07, 6.45) is 0.121. The number of nitrogens with one attached hydrogen (secondary N) is 1. The Bertz CT molecular complexity index is 517. The fourth-order valence-electron chi connectivity index (χ4n) is 2.17. The Morgan fingerprint density at radius 2 is 2.24 bits per heavy atom. The molecule has 2 unspecified atom stereocenters. The molecule has 6 nitrogen and oxygen atoms in total. The summed E-state index contributed by atoms with van der Waals surface area (Å²) >= 11 is 0. The number of aliphatic carboxylic acids is 1. The molecule has 2 atom stereocenters. The monoisotopic (exact) mass is 293 g/mol. The van der Waals surface area contributed by atoms with Gasteiger partial charge in [0, 0.05) is 6.54 Å². The highest BCUT2D eigenvalue weighted by atomic mass is 16.5. The molecule has 0 saturated carbocycles. The Kier molecular flexibility index (Phi) is 5.16. The fourth-order valence-corrected chi connectivity index (χ4v) is 2.17. The number of carbonyl (C=O) groups is 2.